The quantitative estimate of drug-likeness (QED) is 0.788. The zero-order valence-corrected chi connectivity index (χ0v) is 10.7. The van der Waals surface area contributed by atoms with Crippen molar-refractivity contribution in [1.29, 1.82) is 0 Å². The SMILES string of the molecule is CCCCn1ccnc1CNCC1CCCO1. The van der Waals surface area contributed by atoms with Gasteiger partial charge in [0.25, 0.3) is 0 Å². The number of imidazole rings is 1. The largest absolute Gasteiger partial charge is 0.377 e. The van der Waals surface area contributed by atoms with Gasteiger partial charge in [-0.2, -0.15) is 0 Å². The molecule has 1 N–H and O–H groups in total. The Balaban J connectivity index is 1.72. The maximum absolute atomic E-state index is 5.58. The number of hydrogen-bond acceptors (Lipinski definition) is 3. The molecule has 0 aliphatic carbocycles. The van der Waals surface area contributed by atoms with Crippen molar-refractivity contribution in [3.63, 3.8) is 0 Å². The number of ether oxygens (including phenoxy) is 1. The lowest BCUT2D eigenvalue weighted by molar-refractivity contribution is 0.109. The Kier molecular flexibility index (Phi) is 5.01. The number of nitrogens with one attached hydrogen (secondary N) is 1. The molecule has 0 aromatic carbocycles. The van der Waals surface area contributed by atoms with Crippen molar-refractivity contribution in [3.05, 3.63) is 18.2 Å². The summed E-state index contributed by atoms with van der Waals surface area (Å²) in [6.45, 7) is 6.01. The fraction of sp³-hybridized carbons (Fsp3) is 0.769. The predicted octanol–water partition coefficient (Wildman–Crippen LogP) is 1.95. The van der Waals surface area contributed by atoms with E-state index in [2.05, 4.69) is 28.0 Å². The van der Waals surface area contributed by atoms with Crippen molar-refractivity contribution in [2.24, 2.45) is 0 Å². The fourth-order valence-corrected chi connectivity index (χ4v) is 2.19. The van der Waals surface area contributed by atoms with Gasteiger partial charge in [-0.25, -0.2) is 4.98 Å². The number of rotatable bonds is 7. The first-order chi connectivity index (χ1) is 8.40. The van der Waals surface area contributed by atoms with Gasteiger partial charge < -0.3 is 14.6 Å². The van der Waals surface area contributed by atoms with Gasteiger partial charge in [-0.15, -0.1) is 0 Å². The Hall–Kier alpha value is -0.870. The maximum Gasteiger partial charge on any atom is 0.122 e. The molecule has 0 bridgehead atoms. The summed E-state index contributed by atoms with van der Waals surface area (Å²) in [6, 6.07) is 0. The van der Waals surface area contributed by atoms with E-state index in [0.717, 1.165) is 32.1 Å². The number of nitrogens with zero attached hydrogens (tertiary/aromatic N) is 2. The van der Waals surface area contributed by atoms with Crippen LogP contribution in [0.5, 0.6) is 0 Å². The molecule has 1 aromatic heterocycles. The van der Waals surface area contributed by atoms with Crippen LogP contribution >= 0.6 is 0 Å². The normalized spacial score (nSPS) is 19.9. The van der Waals surface area contributed by atoms with E-state index in [-0.39, 0.29) is 0 Å². The summed E-state index contributed by atoms with van der Waals surface area (Å²) in [7, 11) is 0. The molecule has 96 valence electrons. The van der Waals surface area contributed by atoms with Crippen molar-refractivity contribution in [2.45, 2.75) is 51.8 Å². The van der Waals surface area contributed by atoms with E-state index >= 15 is 0 Å². The van der Waals surface area contributed by atoms with Gasteiger partial charge in [-0.05, 0) is 19.3 Å². The van der Waals surface area contributed by atoms with Gasteiger partial charge in [0, 0.05) is 32.1 Å². The van der Waals surface area contributed by atoms with E-state index in [1.165, 1.54) is 25.7 Å². The van der Waals surface area contributed by atoms with E-state index in [9.17, 15) is 0 Å². The molecule has 17 heavy (non-hydrogen) atoms. The van der Waals surface area contributed by atoms with Gasteiger partial charge in [0.1, 0.15) is 5.82 Å². The molecule has 2 heterocycles. The van der Waals surface area contributed by atoms with Crippen LogP contribution in [0.4, 0.5) is 0 Å². The lowest BCUT2D eigenvalue weighted by atomic mass is 10.2. The molecule has 1 aliphatic rings. The lowest BCUT2D eigenvalue weighted by Crippen LogP contribution is -2.27. The van der Waals surface area contributed by atoms with Crippen LogP contribution in [0.15, 0.2) is 12.4 Å². The highest BCUT2D eigenvalue weighted by molar-refractivity contribution is 4.92. The Bertz CT molecular complexity index is 318. The van der Waals surface area contributed by atoms with Crippen LogP contribution in [0, 0.1) is 0 Å². The summed E-state index contributed by atoms with van der Waals surface area (Å²) in [5, 5.41) is 3.44. The van der Waals surface area contributed by atoms with Gasteiger partial charge >= 0.3 is 0 Å². The molecular formula is C13H23N3O. The summed E-state index contributed by atoms with van der Waals surface area (Å²) < 4.78 is 7.82. The van der Waals surface area contributed by atoms with Crippen LogP contribution in [-0.4, -0.2) is 28.8 Å². The summed E-state index contributed by atoms with van der Waals surface area (Å²) in [5.74, 6) is 1.14. The predicted molar refractivity (Wildman–Crippen MR) is 67.8 cm³/mol. The van der Waals surface area contributed by atoms with Gasteiger partial charge in [-0.1, -0.05) is 13.3 Å². The van der Waals surface area contributed by atoms with Crippen molar-refractivity contribution in [1.82, 2.24) is 14.9 Å². The number of aryl methyl sites for hydroxylation is 1. The Morgan fingerprint density at radius 2 is 2.53 bits per heavy atom. The molecule has 0 spiro atoms. The van der Waals surface area contributed by atoms with E-state index < -0.39 is 0 Å². The second-order valence-corrected chi connectivity index (χ2v) is 4.66. The first kappa shape index (κ1) is 12.6. The molecule has 4 nitrogen and oxygen atoms in total. The number of hydrogen-bond donors (Lipinski definition) is 1. The second kappa shape index (κ2) is 6.77. The fourth-order valence-electron chi connectivity index (χ4n) is 2.19. The summed E-state index contributed by atoms with van der Waals surface area (Å²) in [5.41, 5.74) is 0. The highest BCUT2D eigenvalue weighted by Crippen LogP contribution is 2.10. The average Bonchev–Trinajstić information content (AvgIpc) is 2.98. The summed E-state index contributed by atoms with van der Waals surface area (Å²) in [6.07, 6.45) is 9.21. The smallest absolute Gasteiger partial charge is 0.122 e. The standard InChI is InChI=1S/C13H23N3O/c1-2-3-7-16-8-6-15-13(16)11-14-10-12-5-4-9-17-12/h6,8,12,14H,2-5,7,9-11H2,1H3. The summed E-state index contributed by atoms with van der Waals surface area (Å²) >= 11 is 0. The summed E-state index contributed by atoms with van der Waals surface area (Å²) in [4.78, 5) is 4.39. The van der Waals surface area contributed by atoms with E-state index in [0.29, 0.717) is 6.10 Å². The van der Waals surface area contributed by atoms with Gasteiger partial charge in [-0.3, -0.25) is 0 Å². The molecule has 1 unspecified atom stereocenters. The third kappa shape index (κ3) is 3.82. The minimum Gasteiger partial charge on any atom is -0.377 e. The van der Waals surface area contributed by atoms with Crippen LogP contribution in [0.3, 0.4) is 0 Å². The average molecular weight is 237 g/mol. The zero-order chi connectivity index (χ0) is 11.9. The van der Waals surface area contributed by atoms with Crippen LogP contribution in [0.1, 0.15) is 38.4 Å². The van der Waals surface area contributed by atoms with Crippen molar-refractivity contribution < 1.29 is 4.74 Å². The van der Waals surface area contributed by atoms with E-state index in [1.54, 1.807) is 0 Å². The molecule has 0 radical (unpaired) electrons. The maximum atomic E-state index is 5.58. The minimum atomic E-state index is 0.411. The molecule has 0 saturated carbocycles. The Morgan fingerprint density at radius 3 is 3.29 bits per heavy atom. The van der Waals surface area contributed by atoms with Crippen LogP contribution in [0.2, 0.25) is 0 Å². The first-order valence-electron chi connectivity index (χ1n) is 6.72. The highest BCUT2D eigenvalue weighted by atomic mass is 16.5. The number of unbranched alkanes of at least 4 members (excludes halogenated alkanes) is 1. The molecule has 1 fully saturated rings. The van der Waals surface area contributed by atoms with Crippen molar-refractivity contribution in [3.8, 4) is 0 Å². The van der Waals surface area contributed by atoms with E-state index in [1.807, 2.05) is 6.20 Å². The molecular weight excluding hydrogens is 214 g/mol. The molecule has 1 aromatic rings. The van der Waals surface area contributed by atoms with Crippen LogP contribution in [0.25, 0.3) is 0 Å². The second-order valence-electron chi connectivity index (χ2n) is 4.66. The van der Waals surface area contributed by atoms with E-state index in [4.69, 9.17) is 4.74 Å². The molecule has 1 saturated heterocycles. The van der Waals surface area contributed by atoms with Crippen LogP contribution in [-0.2, 0) is 17.8 Å². The Labute approximate surface area is 103 Å². The van der Waals surface area contributed by atoms with Crippen LogP contribution < -0.4 is 5.32 Å². The van der Waals surface area contributed by atoms with Crippen molar-refractivity contribution >= 4 is 0 Å². The lowest BCUT2D eigenvalue weighted by Gasteiger charge is -2.11. The zero-order valence-electron chi connectivity index (χ0n) is 10.7. The third-order valence-corrected chi connectivity index (χ3v) is 3.23. The molecule has 1 atom stereocenters. The monoisotopic (exact) mass is 237 g/mol. The highest BCUT2D eigenvalue weighted by Gasteiger charge is 2.14. The number of aromatic nitrogens is 2. The molecule has 4 heteroatoms. The minimum absolute atomic E-state index is 0.411. The topological polar surface area (TPSA) is 39.1 Å². The first-order valence-corrected chi connectivity index (χ1v) is 6.72. The Morgan fingerprint density at radius 1 is 1.59 bits per heavy atom. The van der Waals surface area contributed by atoms with Gasteiger partial charge in [0.2, 0.25) is 0 Å². The molecule has 2 rings (SSSR count). The van der Waals surface area contributed by atoms with Gasteiger partial charge in [0.15, 0.2) is 0 Å². The van der Waals surface area contributed by atoms with Gasteiger partial charge in [0.05, 0.1) is 12.6 Å². The van der Waals surface area contributed by atoms with Crippen molar-refractivity contribution in [2.75, 3.05) is 13.2 Å². The molecule has 0 amide bonds. The third-order valence-electron chi connectivity index (χ3n) is 3.23. The molecule has 1 aliphatic heterocycles.